The number of rotatable bonds is 1. The lowest BCUT2D eigenvalue weighted by molar-refractivity contribution is -0.140. The molecule has 1 aromatic carbocycles. The molecular formula is C12H10N4O3. The third-order valence-corrected chi connectivity index (χ3v) is 2.93. The minimum absolute atomic E-state index is 0.163. The maximum absolute atomic E-state index is 11.6. The Labute approximate surface area is 107 Å². The minimum atomic E-state index is -1.09. The Hall–Kier alpha value is -2.70. The highest BCUT2D eigenvalue weighted by Gasteiger charge is 2.30. The molecule has 2 aromatic rings. The number of benzene rings is 1. The Morgan fingerprint density at radius 1 is 1.42 bits per heavy atom. The molecule has 96 valence electrons. The van der Waals surface area contributed by atoms with Crippen LogP contribution in [0.2, 0.25) is 0 Å². The van der Waals surface area contributed by atoms with E-state index in [4.69, 9.17) is 0 Å². The number of aromatic nitrogens is 3. The number of anilines is 1. The van der Waals surface area contributed by atoms with Crippen molar-refractivity contribution in [3.63, 3.8) is 0 Å². The number of nitrogens with zero attached hydrogens (tertiary/aromatic N) is 3. The number of fused-ring (bicyclic) bond motifs is 3. The van der Waals surface area contributed by atoms with Crippen LogP contribution in [-0.4, -0.2) is 25.8 Å². The zero-order valence-corrected chi connectivity index (χ0v) is 9.99. The van der Waals surface area contributed by atoms with Gasteiger partial charge in [-0.3, -0.25) is 4.79 Å². The van der Waals surface area contributed by atoms with E-state index in [1.54, 1.807) is 24.3 Å². The fraction of sp³-hybridized carbons (Fsp3) is 0.167. The van der Waals surface area contributed by atoms with Crippen LogP contribution in [0.25, 0.3) is 11.4 Å². The van der Waals surface area contributed by atoms with E-state index >= 15 is 0 Å². The van der Waals surface area contributed by atoms with Crippen LogP contribution in [0.15, 0.2) is 29.1 Å². The van der Waals surface area contributed by atoms with Gasteiger partial charge in [0.15, 0.2) is 5.82 Å². The molecule has 0 spiro atoms. The van der Waals surface area contributed by atoms with E-state index in [1.165, 1.54) is 11.6 Å². The van der Waals surface area contributed by atoms with Gasteiger partial charge in [0.25, 0.3) is 5.56 Å². The van der Waals surface area contributed by atoms with Gasteiger partial charge in [-0.1, -0.05) is 12.1 Å². The van der Waals surface area contributed by atoms with Crippen LogP contribution >= 0.6 is 0 Å². The van der Waals surface area contributed by atoms with Crippen LogP contribution < -0.4 is 10.9 Å². The molecule has 2 N–H and O–H groups in total. The van der Waals surface area contributed by atoms with Crippen LogP contribution in [0, 0.1) is 6.92 Å². The van der Waals surface area contributed by atoms with Crippen LogP contribution in [0.3, 0.4) is 0 Å². The molecular weight excluding hydrogens is 248 g/mol. The van der Waals surface area contributed by atoms with Crippen LogP contribution in [-0.2, 0) is 4.79 Å². The smallest absolute Gasteiger partial charge is 0.349 e. The van der Waals surface area contributed by atoms with Crippen LogP contribution in [0.5, 0.6) is 0 Å². The maximum Gasteiger partial charge on any atom is 0.349 e. The number of aryl methyl sites for hydroxylation is 1. The van der Waals surface area contributed by atoms with E-state index < -0.39 is 17.7 Å². The molecule has 3 rings (SSSR count). The highest BCUT2D eigenvalue weighted by atomic mass is 16.4. The molecule has 0 amide bonds. The molecule has 19 heavy (non-hydrogen) atoms. The Bertz CT molecular complexity index is 738. The summed E-state index contributed by atoms with van der Waals surface area (Å²) in [6.07, 6.45) is -1.07. The van der Waals surface area contributed by atoms with Gasteiger partial charge in [0.1, 0.15) is 5.69 Å². The summed E-state index contributed by atoms with van der Waals surface area (Å²) in [5.41, 5.74) is 0.986. The van der Waals surface area contributed by atoms with Gasteiger partial charge >= 0.3 is 5.97 Å². The van der Waals surface area contributed by atoms with E-state index in [1.807, 2.05) is 0 Å². The zero-order valence-electron chi connectivity index (χ0n) is 9.99. The van der Waals surface area contributed by atoms with Crippen molar-refractivity contribution in [2.24, 2.45) is 0 Å². The molecule has 0 saturated carbocycles. The molecule has 0 bridgehead atoms. The zero-order chi connectivity index (χ0) is 13.6. The average Bonchev–Trinajstić information content (AvgIpc) is 2.39. The van der Waals surface area contributed by atoms with E-state index in [2.05, 4.69) is 15.4 Å². The molecule has 0 fully saturated rings. The Balaban J connectivity index is 2.34. The topological polar surface area (TPSA) is 97.1 Å². The van der Waals surface area contributed by atoms with Crippen molar-refractivity contribution < 1.29 is 9.90 Å². The van der Waals surface area contributed by atoms with E-state index in [-0.39, 0.29) is 11.5 Å². The van der Waals surface area contributed by atoms with Crippen LogP contribution in [0.1, 0.15) is 11.9 Å². The van der Waals surface area contributed by atoms with Crippen LogP contribution in [0.4, 0.5) is 5.69 Å². The van der Waals surface area contributed by atoms with Crippen molar-refractivity contribution in [1.82, 2.24) is 14.8 Å². The summed E-state index contributed by atoms with van der Waals surface area (Å²) in [4.78, 5) is 26.8. The second-order valence-electron chi connectivity index (χ2n) is 4.20. The van der Waals surface area contributed by atoms with Crippen molar-refractivity contribution in [2.45, 2.75) is 13.1 Å². The highest BCUT2D eigenvalue weighted by Crippen LogP contribution is 2.33. The summed E-state index contributed by atoms with van der Waals surface area (Å²) in [5, 5.41) is 16.1. The molecule has 0 saturated heterocycles. The third kappa shape index (κ3) is 1.67. The normalized spacial score (nSPS) is 16.2. The quantitative estimate of drug-likeness (QED) is 0.778. The lowest BCUT2D eigenvalue weighted by atomic mass is 10.1. The number of carboxylic acid groups (broad SMARTS) is 1. The number of aliphatic carboxylic acids is 1. The fourth-order valence-electron chi connectivity index (χ4n) is 2.02. The van der Waals surface area contributed by atoms with Gasteiger partial charge in [-0.25, -0.2) is 9.48 Å². The predicted octanol–water partition coefficient (Wildman–Crippen LogP) is 0.622. The van der Waals surface area contributed by atoms with Crippen molar-refractivity contribution in [3.8, 4) is 11.4 Å². The summed E-state index contributed by atoms with van der Waals surface area (Å²) < 4.78 is 1.22. The molecule has 0 unspecified atom stereocenters. The Kier molecular flexibility index (Phi) is 2.34. The molecule has 7 heteroatoms. The van der Waals surface area contributed by atoms with E-state index in [0.29, 0.717) is 11.3 Å². The van der Waals surface area contributed by atoms with Gasteiger partial charge in [-0.05, 0) is 19.1 Å². The first-order chi connectivity index (χ1) is 9.08. The predicted molar refractivity (Wildman–Crippen MR) is 66.8 cm³/mol. The Morgan fingerprint density at radius 2 is 2.16 bits per heavy atom. The van der Waals surface area contributed by atoms with Crippen molar-refractivity contribution >= 4 is 11.7 Å². The summed E-state index contributed by atoms with van der Waals surface area (Å²) in [7, 11) is 0. The number of carbonyl (C=O) groups is 1. The monoisotopic (exact) mass is 258 g/mol. The molecule has 7 nitrogen and oxygen atoms in total. The van der Waals surface area contributed by atoms with Gasteiger partial charge in [0, 0.05) is 11.3 Å². The second kappa shape index (κ2) is 3.91. The molecule has 0 aliphatic carbocycles. The van der Waals surface area contributed by atoms with Gasteiger partial charge in [0.05, 0.1) is 0 Å². The lowest BCUT2D eigenvalue weighted by Crippen LogP contribution is -2.36. The number of hydrogen-bond acceptors (Lipinski definition) is 5. The molecule has 2 heterocycles. The van der Waals surface area contributed by atoms with Gasteiger partial charge in [-0.15, -0.1) is 0 Å². The van der Waals surface area contributed by atoms with E-state index in [9.17, 15) is 14.7 Å². The number of para-hydroxylation sites is 1. The average molecular weight is 258 g/mol. The lowest BCUT2D eigenvalue weighted by Gasteiger charge is -2.27. The summed E-state index contributed by atoms with van der Waals surface area (Å²) in [5.74, 6) is -0.828. The second-order valence-corrected chi connectivity index (χ2v) is 4.20. The number of nitrogens with one attached hydrogen (secondary N) is 1. The Morgan fingerprint density at radius 3 is 2.89 bits per heavy atom. The minimum Gasteiger partial charge on any atom is -0.478 e. The fourth-order valence-corrected chi connectivity index (χ4v) is 2.02. The van der Waals surface area contributed by atoms with Crippen molar-refractivity contribution in [1.29, 1.82) is 0 Å². The largest absolute Gasteiger partial charge is 0.478 e. The maximum atomic E-state index is 11.6. The summed E-state index contributed by atoms with van der Waals surface area (Å²) in [6, 6.07) is 7.06. The molecule has 1 aromatic heterocycles. The standard InChI is InChI=1S/C12H10N4O3/c1-6-11(17)14-9-7-4-2-3-5-8(7)13-10(12(18)19)16(9)15-6/h2-5,10,13H,1H3,(H,18,19)/t10-/m1/s1. The van der Waals surface area contributed by atoms with Crippen molar-refractivity contribution in [3.05, 3.63) is 40.3 Å². The molecule has 1 aliphatic heterocycles. The molecule has 1 atom stereocenters. The van der Waals surface area contributed by atoms with Gasteiger partial charge in [-0.2, -0.15) is 10.1 Å². The SMILES string of the molecule is Cc1nn2c(nc1=O)-c1ccccc1N[C@H]2C(=O)O. The molecule has 0 radical (unpaired) electrons. The first-order valence-electron chi connectivity index (χ1n) is 5.64. The number of carboxylic acids is 1. The summed E-state index contributed by atoms with van der Waals surface area (Å²) in [6.45, 7) is 1.50. The summed E-state index contributed by atoms with van der Waals surface area (Å²) >= 11 is 0. The number of hydrogen-bond donors (Lipinski definition) is 2. The third-order valence-electron chi connectivity index (χ3n) is 2.93. The van der Waals surface area contributed by atoms with Crippen molar-refractivity contribution in [2.75, 3.05) is 5.32 Å². The van der Waals surface area contributed by atoms with Gasteiger partial charge < -0.3 is 10.4 Å². The first-order valence-corrected chi connectivity index (χ1v) is 5.64. The molecule has 1 aliphatic rings. The highest BCUT2D eigenvalue weighted by molar-refractivity contribution is 5.83. The first kappa shape index (κ1) is 11.4. The van der Waals surface area contributed by atoms with Gasteiger partial charge in [0.2, 0.25) is 6.17 Å². The van der Waals surface area contributed by atoms with E-state index in [0.717, 1.165) is 0 Å².